The smallest absolute Gasteiger partial charge is 0.252 e. The van der Waals surface area contributed by atoms with Crippen LogP contribution in [0.1, 0.15) is 16.7 Å². The predicted molar refractivity (Wildman–Crippen MR) is 106 cm³/mol. The normalized spacial score (nSPS) is 16.1. The molecule has 1 aliphatic rings. The van der Waals surface area contributed by atoms with Crippen LogP contribution in [0.4, 0.5) is 4.39 Å². The highest BCUT2D eigenvalue weighted by atomic mass is 19.1. The van der Waals surface area contributed by atoms with Gasteiger partial charge >= 0.3 is 0 Å². The van der Waals surface area contributed by atoms with Crippen LogP contribution < -0.4 is 5.56 Å². The number of nitrogens with zero attached hydrogens (tertiary/aromatic N) is 2. The van der Waals surface area contributed by atoms with Crippen molar-refractivity contribution in [3.63, 3.8) is 0 Å². The number of pyridine rings is 1. The van der Waals surface area contributed by atoms with Gasteiger partial charge in [-0.1, -0.05) is 24.3 Å². The molecule has 1 saturated heterocycles. The van der Waals surface area contributed by atoms with Crippen molar-refractivity contribution >= 4 is 10.9 Å². The Bertz CT molecular complexity index is 1010. The van der Waals surface area contributed by atoms with Gasteiger partial charge in [-0.2, -0.15) is 0 Å². The van der Waals surface area contributed by atoms with Gasteiger partial charge in [0.25, 0.3) is 5.56 Å². The number of piperazine rings is 1. The monoisotopic (exact) mass is 365 g/mol. The number of fused-ring (bicyclic) bond motifs is 1. The SMILES string of the molecule is Cc1ccc2cc(CN3CCN(Cc4cccc(F)c4)CC3)c(=O)[nH]c2c1. The Morgan fingerprint density at radius 3 is 2.44 bits per heavy atom. The third kappa shape index (κ3) is 4.26. The number of H-pyrrole nitrogens is 1. The summed E-state index contributed by atoms with van der Waals surface area (Å²) in [6.45, 7) is 7.09. The van der Waals surface area contributed by atoms with E-state index < -0.39 is 0 Å². The van der Waals surface area contributed by atoms with E-state index in [4.69, 9.17) is 0 Å². The van der Waals surface area contributed by atoms with Gasteiger partial charge in [0.15, 0.2) is 0 Å². The maximum absolute atomic E-state index is 13.3. The van der Waals surface area contributed by atoms with Crippen LogP contribution in [0.5, 0.6) is 0 Å². The molecule has 1 aliphatic heterocycles. The van der Waals surface area contributed by atoms with Crippen molar-refractivity contribution in [3.05, 3.63) is 81.4 Å². The average molecular weight is 365 g/mol. The van der Waals surface area contributed by atoms with Gasteiger partial charge in [0, 0.05) is 50.3 Å². The summed E-state index contributed by atoms with van der Waals surface area (Å²) in [5, 5.41) is 1.07. The van der Waals surface area contributed by atoms with E-state index >= 15 is 0 Å². The Morgan fingerprint density at radius 1 is 0.963 bits per heavy atom. The van der Waals surface area contributed by atoms with Crippen LogP contribution >= 0.6 is 0 Å². The standard InChI is InChI=1S/C22H24FN3O/c1-16-5-6-18-13-19(22(27)24-21(18)11-16)15-26-9-7-25(8-10-26)14-17-3-2-4-20(23)12-17/h2-6,11-13H,7-10,14-15H2,1H3,(H,24,27). The number of nitrogens with one attached hydrogen (secondary N) is 1. The highest BCUT2D eigenvalue weighted by Crippen LogP contribution is 2.15. The van der Waals surface area contributed by atoms with Crippen LogP contribution in [0.25, 0.3) is 10.9 Å². The van der Waals surface area contributed by atoms with E-state index in [0.717, 1.165) is 60.3 Å². The Balaban J connectivity index is 1.39. The van der Waals surface area contributed by atoms with Gasteiger partial charge < -0.3 is 4.98 Å². The molecular weight excluding hydrogens is 341 g/mol. The van der Waals surface area contributed by atoms with E-state index in [-0.39, 0.29) is 11.4 Å². The summed E-state index contributed by atoms with van der Waals surface area (Å²) in [4.78, 5) is 20.1. The second kappa shape index (κ2) is 7.62. The first-order valence-electron chi connectivity index (χ1n) is 9.38. The molecule has 5 heteroatoms. The second-order valence-electron chi connectivity index (χ2n) is 7.40. The summed E-state index contributed by atoms with van der Waals surface area (Å²) in [5.74, 6) is -0.183. The molecule has 140 valence electrons. The lowest BCUT2D eigenvalue weighted by Gasteiger charge is -2.34. The lowest BCUT2D eigenvalue weighted by atomic mass is 10.1. The Hall–Kier alpha value is -2.50. The summed E-state index contributed by atoms with van der Waals surface area (Å²) in [5.41, 5.74) is 3.84. The second-order valence-corrected chi connectivity index (χ2v) is 7.40. The summed E-state index contributed by atoms with van der Waals surface area (Å²) >= 11 is 0. The number of benzene rings is 2. The van der Waals surface area contributed by atoms with Crippen LogP contribution in [0.2, 0.25) is 0 Å². The van der Waals surface area contributed by atoms with Crippen molar-refractivity contribution in [2.45, 2.75) is 20.0 Å². The molecule has 2 aromatic carbocycles. The summed E-state index contributed by atoms with van der Waals surface area (Å²) < 4.78 is 13.3. The highest BCUT2D eigenvalue weighted by molar-refractivity contribution is 5.79. The van der Waals surface area contributed by atoms with Gasteiger partial charge in [-0.25, -0.2) is 4.39 Å². The van der Waals surface area contributed by atoms with Crippen molar-refractivity contribution < 1.29 is 4.39 Å². The van der Waals surface area contributed by atoms with Crippen molar-refractivity contribution in [1.29, 1.82) is 0 Å². The fourth-order valence-corrected chi connectivity index (χ4v) is 3.72. The lowest BCUT2D eigenvalue weighted by molar-refractivity contribution is 0.121. The van der Waals surface area contributed by atoms with Gasteiger partial charge in [-0.05, 0) is 47.7 Å². The van der Waals surface area contributed by atoms with Crippen molar-refractivity contribution in [2.24, 2.45) is 0 Å². The average Bonchev–Trinajstić information content (AvgIpc) is 2.64. The predicted octanol–water partition coefficient (Wildman–Crippen LogP) is 3.29. The minimum absolute atomic E-state index is 0.00436. The zero-order valence-corrected chi connectivity index (χ0v) is 15.5. The van der Waals surface area contributed by atoms with Gasteiger partial charge in [0.1, 0.15) is 5.82 Å². The third-order valence-corrected chi connectivity index (χ3v) is 5.23. The van der Waals surface area contributed by atoms with Crippen LogP contribution in [0.15, 0.2) is 53.3 Å². The molecule has 0 spiro atoms. The molecule has 3 aromatic rings. The van der Waals surface area contributed by atoms with Crippen LogP contribution in [0, 0.1) is 12.7 Å². The van der Waals surface area contributed by atoms with Gasteiger partial charge in [0.2, 0.25) is 0 Å². The zero-order chi connectivity index (χ0) is 18.8. The Kier molecular flexibility index (Phi) is 5.05. The Labute approximate surface area is 158 Å². The highest BCUT2D eigenvalue weighted by Gasteiger charge is 2.18. The number of halogens is 1. The van der Waals surface area contributed by atoms with Gasteiger partial charge in [-0.15, -0.1) is 0 Å². The van der Waals surface area contributed by atoms with E-state index in [9.17, 15) is 9.18 Å². The molecule has 27 heavy (non-hydrogen) atoms. The van der Waals surface area contributed by atoms with Crippen molar-refractivity contribution in [3.8, 4) is 0 Å². The maximum Gasteiger partial charge on any atom is 0.252 e. The fourth-order valence-electron chi connectivity index (χ4n) is 3.72. The van der Waals surface area contributed by atoms with Crippen LogP contribution in [0.3, 0.4) is 0 Å². The fraction of sp³-hybridized carbons (Fsp3) is 0.318. The zero-order valence-electron chi connectivity index (χ0n) is 15.5. The minimum atomic E-state index is -0.183. The summed E-state index contributed by atoms with van der Waals surface area (Å²) in [6, 6.07) is 14.9. The number of hydrogen-bond acceptors (Lipinski definition) is 3. The first-order chi connectivity index (χ1) is 13.1. The molecule has 1 N–H and O–H groups in total. The quantitative estimate of drug-likeness (QED) is 0.771. The third-order valence-electron chi connectivity index (χ3n) is 5.23. The van der Waals surface area contributed by atoms with Crippen LogP contribution in [-0.4, -0.2) is 41.0 Å². The molecule has 0 saturated carbocycles. The molecule has 0 atom stereocenters. The molecule has 2 heterocycles. The van der Waals surface area contributed by atoms with Crippen molar-refractivity contribution in [2.75, 3.05) is 26.2 Å². The molecular formula is C22H24FN3O. The number of rotatable bonds is 4. The van der Waals surface area contributed by atoms with E-state index in [2.05, 4.69) is 26.9 Å². The van der Waals surface area contributed by atoms with E-state index in [1.54, 1.807) is 12.1 Å². The topological polar surface area (TPSA) is 39.3 Å². The number of aromatic nitrogens is 1. The summed E-state index contributed by atoms with van der Waals surface area (Å²) in [6.07, 6.45) is 0. The molecule has 1 aromatic heterocycles. The first-order valence-corrected chi connectivity index (χ1v) is 9.38. The first kappa shape index (κ1) is 17.9. The lowest BCUT2D eigenvalue weighted by Crippen LogP contribution is -2.45. The van der Waals surface area contributed by atoms with E-state index in [1.165, 1.54) is 6.07 Å². The van der Waals surface area contributed by atoms with E-state index in [1.807, 2.05) is 25.1 Å². The number of aryl methyl sites for hydroxylation is 1. The summed E-state index contributed by atoms with van der Waals surface area (Å²) in [7, 11) is 0. The van der Waals surface area contributed by atoms with E-state index in [0.29, 0.717) is 6.54 Å². The van der Waals surface area contributed by atoms with Gasteiger partial charge in [0.05, 0.1) is 0 Å². The van der Waals surface area contributed by atoms with Gasteiger partial charge in [-0.3, -0.25) is 14.6 Å². The Morgan fingerprint density at radius 2 is 1.70 bits per heavy atom. The molecule has 4 nitrogen and oxygen atoms in total. The minimum Gasteiger partial charge on any atom is -0.322 e. The maximum atomic E-state index is 13.3. The molecule has 0 radical (unpaired) electrons. The molecule has 0 aliphatic carbocycles. The molecule has 0 unspecified atom stereocenters. The molecule has 0 amide bonds. The number of aromatic amines is 1. The molecule has 1 fully saturated rings. The van der Waals surface area contributed by atoms with Crippen LogP contribution in [-0.2, 0) is 13.1 Å². The largest absolute Gasteiger partial charge is 0.322 e. The van der Waals surface area contributed by atoms with Crippen molar-refractivity contribution in [1.82, 2.24) is 14.8 Å². The molecule has 0 bridgehead atoms. The molecule has 4 rings (SSSR count). The number of hydrogen-bond donors (Lipinski definition) is 1.